The second-order valence-corrected chi connectivity index (χ2v) is 11.0. The van der Waals surface area contributed by atoms with Crippen LogP contribution in [0, 0.1) is 28.1 Å². The third-order valence-corrected chi connectivity index (χ3v) is 9.47. The van der Waals surface area contributed by atoms with Gasteiger partial charge in [0.1, 0.15) is 12.2 Å². The van der Waals surface area contributed by atoms with Gasteiger partial charge in [0.2, 0.25) is 11.9 Å². The van der Waals surface area contributed by atoms with Crippen molar-refractivity contribution in [1.29, 1.82) is 0 Å². The Morgan fingerprint density at radius 2 is 1.71 bits per heavy atom. The quantitative estimate of drug-likeness (QED) is 0.462. The van der Waals surface area contributed by atoms with E-state index in [1.54, 1.807) is 6.92 Å². The summed E-state index contributed by atoms with van der Waals surface area (Å²) in [4.78, 5) is 39.3. The van der Waals surface area contributed by atoms with E-state index in [0.717, 1.165) is 0 Å². The van der Waals surface area contributed by atoms with Crippen molar-refractivity contribution in [3.8, 4) is 0 Å². The first-order valence-corrected chi connectivity index (χ1v) is 10.9. The van der Waals surface area contributed by atoms with Gasteiger partial charge in [0.15, 0.2) is 11.7 Å². The van der Waals surface area contributed by atoms with Crippen molar-refractivity contribution in [1.82, 2.24) is 0 Å². The van der Waals surface area contributed by atoms with Crippen LogP contribution in [0.15, 0.2) is 0 Å². The fourth-order valence-corrected chi connectivity index (χ4v) is 8.75. The number of rotatable bonds is 2. The molecule has 0 aromatic heterocycles. The molecule has 6 rings (SSSR count). The Balaban J connectivity index is 1.70. The van der Waals surface area contributed by atoms with Gasteiger partial charge in [-0.25, -0.2) is 9.59 Å². The van der Waals surface area contributed by atoms with E-state index in [1.165, 1.54) is 14.2 Å². The van der Waals surface area contributed by atoms with E-state index in [4.69, 9.17) is 28.4 Å². The molecule has 0 amide bonds. The fourth-order valence-electron chi connectivity index (χ4n) is 8.75. The first-order chi connectivity index (χ1) is 14.5. The molecule has 4 saturated heterocycles. The molecule has 170 valence electrons. The summed E-state index contributed by atoms with van der Waals surface area (Å²) >= 11 is 0. The molecule has 4 heterocycles. The maximum atomic E-state index is 13.7. The first-order valence-electron chi connectivity index (χ1n) is 10.9. The van der Waals surface area contributed by atoms with Crippen molar-refractivity contribution in [2.24, 2.45) is 28.1 Å². The average Bonchev–Trinajstić information content (AvgIpc) is 3.39. The number of esters is 3. The van der Waals surface area contributed by atoms with Crippen molar-refractivity contribution in [2.75, 3.05) is 14.2 Å². The molecule has 0 aromatic carbocycles. The van der Waals surface area contributed by atoms with Gasteiger partial charge in [-0.05, 0) is 24.7 Å². The summed E-state index contributed by atoms with van der Waals surface area (Å²) in [6, 6.07) is 0. The predicted molar refractivity (Wildman–Crippen MR) is 100 cm³/mol. The van der Waals surface area contributed by atoms with E-state index < -0.39 is 70.5 Å². The van der Waals surface area contributed by atoms with Gasteiger partial charge in [0.05, 0.1) is 16.7 Å². The van der Waals surface area contributed by atoms with Crippen LogP contribution < -0.4 is 0 Å². The van der Waals surface area contributed by atoms with E-state index >= 15 is 0 Å². The van der Waals surface area contributed by atoms with Crippen LogP contribution >= 0.6 is 0 Å². The molecule has 2 saturated carbocycles. The largest absolute Gasteiger partial charge is 0.459 e. The van der Waals surface area contributed by atoms with E-state index in [2.05, 4.69) is 20.8 Å². The molecule has 2 spiro atoms. The maximum Gasteiger partial charge on any atom is 0.342 e. The molecular formula is C22H28O9. The van der Waals surface area contributed by atoms with Crippen molar-refractivity contribution >= 4 is 17.9 Å². The van der Waals surface area contributed by atoms with Crippen LogP contribution in [0.25, 0.3) is 0 Å². The molecule has 6 fully saturated rings. The van der Waals surface area contributed by atoms with Crippen LogP contribution in [0.3, 0.4) is 0 Å². The second kappa shape index (κ2) is 5.26. The van der Waals surface area contributed by atoms with Crippen LogP contribution in [0.1, 0.15) is 40.5 Å². The summed E-state index contributed by atoms with van der Waals surface area (Å²) in [5.41, 5.74) is -5.23. The molecule has 0 aromatic rings. The molecule has 6 aliphatic rings. The summed E-state index contributed by atoms with van der Waals surface area (Å²) in [5, 5.41) is 0. The Labute approximate surface area is 180 Å². The van der Waals surface area contributed by atoms with Gasteiger partial charge in [-0.1, -0.05) is 20.8 Å². The molecule has 10 atom stereocenters. The minimum Gasteiger partial charge on any atom is -0.459 e. The predicted octanol–water partition coefficient (Wildman–Crippen LogP) is 0.968. The summed E-state index contributed by atoms with van der Waals surface area (Å²) in [6.07, 6.45) is -2.32. The SMILES string of the molecule is CO[C@H]1C(=O)O[C@H]2OC34C(=O)OC5CC(C(C)(C)C)C21C53CC1OC(=O)[C@@H](C)[C@@]14OC. The Morgan fingerprint density at radius 1 is 1.00 bits per heavy atom. The van der Waals surface area contributed by atoms with Crippen molar-refractivity contribution < 1.29 is 42.8 Å². The summed E-state index contributed by atoms with van der Waals surface area (Å²) in [6.45, 7) is 8.00. The zero-order valence-corrected chi connectivity index (χ0v) is 18.6. The van der Waals surface area contributed by atoms with Crippen LogP contribution in [-0.4, -0.2) is 67.9 Å². The van der Waals surface area contributed by atoms with Gasteiger partial charge in [-0.3, -0.25) is 4.79 Å². The third-order valence-electron chi connectivity index (χ3n) is 9.47. The summed E-state index contributed by atoms with van der Waals surface area (Å²) < 4.78 is 35.9. The van der Waals surface area contributed by atoms with Gasteiger partial charge >= 0.3 is 17.9 Å². The molecule has 9 heteroatoms. The molecule has 31 heavy (non-hydrogen) atoms. The lowest BCUT2D eigenvalue weighted by Crippen LogP contribution is -2.67. The number of carbonyl (C=O) groups excluding carboxylic acids is 3. The molecule has 6 unspecified atom stereocenters. The Bertz CT molecular complexity index is 924. The van der Waals surface area contributed by atoms with Gasteiger partial charge in [0.25, 0.3) is 0 Å². The van der Waals surface area contributed by atoms with Gasteiger partial charge in [-0.2, -0.15) is 0 Å². The van der Waals surface area contributed by atoms with Crippen LogP contribution in [0.2, 0.25) is 0 Å². The second-order valence-electron chi connectivity index (χ2n) is 11.0. The van der Waals surface area contributed by atoms with Gasteiger partial charge in [-0.15, -0.1) is 0 Å². The van der Waals surface area contributed by atoms with Crippen LogP contribution in [0.4, 0.5) is 0 Å². The molecule has 2 aliphatic carbocycles. The third kappa shape index (κ3) is 1.55. The number of methoxy groups -OCH3 is 2. The van der Waals surface area contributed by atoms with Crippen molar-refractivity contribution in [3.05, 3.63) is 0 Å². The van der Waals surface area contributed by atoms with Crippen molar-refractivity contribution in [3.63, 3.8) is 0 Å². The van der Waals surface area contributed by atoms with E-state index in [-0.39, 0.29) is 17.8 Å². The smallest absolute Gasteiger partial charge is 0.342 e. The van der Waals surface area contributed by atoms with E-state index in [0.29, 0.717) is 6.42 Å². The molecular weight excluding hydrogens is 408 g/mol. The molecule has 4 aliphatic heterocycles. The monoisotopic (exact) mass is 436 g/mol. The number of carbonyl (C=O) groups is 3. The molecule has 0 bridgehead atoms. The zero-order valence-electron chi connectivity index (χ0n) is 18.6. The highest BCUT2D eigenvalue weighted by atomic mass is 16.8. The maximum absolute atomic E-state index is 13.7. The van der Waals surface area contributed by atoms with Crippen LogP contribution in [-0.2, 0) is 42.8 Å². The minimum absolute atomic E-state index is 0.111. The average molecular weight is 436 g/mol. The standard InChI is InChI=1S/C22H28O9/c1-9-14(23)28-12-8-19-11-7-10(18(2,3)4)20(19)13(26-5)15(24)30-17(20)31-22(19,16(25)29-11)21(9,12)27-6/h9-13,17H,7-8H2,1-6H3/t9-,10?,11?,12?,13+,17+,19?,20?,21-,22?/m1/s1. The fraction of sp³-hybridized carbons (Fsp3) is 0.864. The lowest BCUT2D eigenvalue weighted by atomic mass is 9.51. The van der Waals surface area contributed by atoms with E-state index in [9.17, 15) is 14.4 Å². The number of ether oxygens (including phenoxy) is 6. The van der Waals surface area contributed by atoms with E-state index in [1.807, 2.05) is 0 Å². The Kier molecular flexibility index (Phi) is 3.38. The van der Waals surface area contributed by atoms with Crippen LogP contribution in [0.5, 0.6) is 0 Å². The first kappa shape index (κ1) is 19.9. The van der Waals surface area contributed by atoms with Crippen molar-refractivity contribution in [2.45, 2.75) is 76.3 Å². The Morgan fingerprint density at radius 3 is 2.32 bits per heavy atom. The lowest BCUT2D eigenvalue weighted by Gasteiger charge is -2.47. The highest BCUT2D eigenvalue weighted by Gasteiger charge is 3.01. The van der Waals surface area contributed by atoms with Gasteiger partial charge in [0, 0.05) is 20.6 Å². The Hall–Kier alpha value is -1.71. The molecule has 0 radical (unpaired) electrons. The topological polar surface area (TPSA) is 107 Å². The highest BCUT2D eigenvalue weighted by Crippen LogP contribution is 2.85. The molecule has 9 nitrogen and oxygen atoms in total. The number of hydrogen-bond donors (Lipinski definition) is 0. The zero-order chi connectivity index (χ0) is 22.4. The normalized spacial score (nSPS) is 56.1. The lowest BCUT2D eigenvalue weighted by molar-refractivity contribution is -0.244. The number of fused-ring (bicyclic) bond motifs is 1. The minimum atomic E-state index is -1.63. The molecule has 0 N–H and O–H groups in total. The highest BCUT2D eigenvalue weighted by molar-refractivity contribution is 5.93. The summed E-state index contributed by atoms with van der Waals surface area (Å²) in [7, 11) is 2.95. The van der Waals surface area contributed by atoms with Gasteiger partial charge < -0.3 is 28.4 Å². The summed E-state index contributed by atoms with van der Waals surface area (Å²) in [5.74, 6) is -2.38. The number of hydrogen-bond acceptors (Lipinski definition) is 9.